The highest BCUT2D eigenvalue weighted by atomic mass is 32.2. The molecule has 1 aliphatic heterocycles. The number of nitrogens with one attached hydrogen (secondary N) is 3. The molecule has 2 aromatic heterocycles. The van der Waals surface area contributed by atoms with Crippen molar-refractivity contribution in [1.82, 2.24) is 30.2 Å². The van der Waals surface area contributed by atoms with Crippen LogP contribution in [0.15, 0.2) is 66.6 Å². The van der Waals surface area contributed by atoms with Crippen LogP contribution in [-0.4, -0.2) is 88.2 Å². The van der Waals surface area contributed by atoms with E-state index in [1.54, 1.807) is 47.6 Å². The number of nitrogens with zero attached hydrogens (tertiary/aromatic N) is 3. The standard InChI is InChI=1S/C39H48N6O8S2/c1-8-24-21-39(24,35(48)44-55(50,51)26-16-17-26)43-33(46)28-19-25(22-45(28)34(47)31(37(2,3)4)42-36(49)53-38(5,6)7)52-30-20-27(23-13-10-9-11-14-23)40-32(41-30)29-15-12-18-54-29/h8-15,18,20,24-26,28,31H,1,16-17,19,21-22H2,2-7H3,(H,42,49)(H,43,46)(H,44,48)/t24-,25-,28+,31-,39-/m1/s1. The monoisotopic (exact) mass is 792 g/mol. The lowest BCUT2D eigenvalue weighted by atomic mass is 9.85. The highest BCUT2D eigenvalue weighted by Crippen LogP contribution is 2.45. The zero-order valence-corrected chi connectivity index (χ0v) is 33.5. The van der Waals surface area contributed by atoms with Crippen LogP contribution in [0.3, 0.4) is 0 Å². The SMILES string of the molecule is C=C[C@@H]1C[C@]1(NC(=O)[C@@H]1C[C@@H](Oc2cc(-c3ccccc3)nc(-c3cccs3)n2)CN1C(=O)[C@@H](NC(=O)OC(C)(C)C)C(C)(C)C)C(=O)NS(=O)(=O)C1CC1. The molecule has 1 aromatic carbocycles. The average Bonchev–Trinajstić information content (AvgIpc) is 3.98. The van der Waals surface area contributed by atoms with Crippen molar-refractivity contribution in [3.63, 3.8) is 0 Å². The maximum absolute atomic E-state index is 14.6. The number of carbonyl (C=O) groups excluding carboxylic acids is 4. The van der Waals surface area contributed by atoms with E-state index in [0.29, 0.717) is 24.4 Å². The molecule has 0 spiro atoms. The summed E-state index contributed by atoms with van der Waals surface area (Å²) in [7, 11) is -3.91. The molecule has 5 atom stereocenters. The predicted molar refractivity (Wildman–Crippen MR) is 207 cm³/mol. The van der Waals surface area contributed by atoms with Crippen LogP contribution >= 0.6 is 11.3 Å². The van der Waals surface area contributed by atoms with E-state index in [0.717, 1.165) is 10.4 Å². The summed E-state index contributed by atoms with van der Waals surface area (Å²) < 4.78 is 39.6. The first-order valence-corrected chi connectivity index (χ1v) is 20.7. The summed E-state index contributed by atoms with van der Waals surface area (Å²) >= 11 is 1.47. The Morgan fingerprint density at radius 3 is 2.33 bits per heavy atom. The number of amides is 4. The number of likely N-dealkylation sites (tertiary alicyclic amines) is 1. The van der Waals surface area contributed by atoms with Gasteiger partial charge in [-0.1, -0.05) is 63.2 Å². The molecule has 55 heavy (non-hydrogen) atoms. The van der Waals surface area contributed by atoms with Gasteiger partial charge in [0.15, 0.2) is 5.82 Å². The van der Waals surface area contributed by atoms with Gasteiger partial charge >= 0.3 is 6.09 Å². The molecule has 16 heteroatoms. The van der Waals surface area contributed by atoms with E-state index < -0.39 is 79.7 Å². The first-order chi connectivity index (χ1) is 25.8. The lowest BCUT2D eigenvalue weighted by molar-refractivity contribution is -0.143. The molecule has 1 saturated heterocycles. The molecule has 4 amide bonds. The van der Waals surface area contributed by atoms with Crippen LogP contribution < -0.4 is 20.1 Å². The third-order valence-electron chi connectivity index (χ3n) is 9.67. The van der Waals surface area contributed by atoms with Gasteiger partial charge in [-0.2, -0.15) is 4.98 Å². The van der Waals surface area contributed by atoms with Gasteiger partial charge in [0.1, 0.15) is 29.3 Å². The van der Waals surface area contributed by atoms with E-state index in [1.807, 2.05) is 47.8 Å². The van der Waals surface area contributed by atoms with Crippen LogP contribution in [0.25, 0.3) is 22.0 Å². The lowest BCUT2D eigenvalue weighted by Gasteiger charge is -2.36. The predicted octanol–water partition coefficient (Wildman–Crippen LogP) is 4.83. The molecule has 2 aliphatic carbocycles. The minimum atomic E-state index is -3.91. The van der Waals surface area contributed by atoms with E-state index in [9.17, 15) is 27.6 Å². The Morgan fingerprint density at radius 2 is 1.75 bits per heavy atom. The number of ether oxygens (including phenoxy) is 2. The fourth-order valence-corrected chi connectivity index (χ4v) is 8.58. The quantitative estimate of drug-likeness (QED) is 0.215. The van der Waals surface area contributed by atoms with Gasteiger partial charge in [0.05, 0.1) is 22.4 Å². The van der Waals surface area contributed by atoms with Crippen LogP contribution in [-0.2, 0) is 29.1 Å². The molecule has 3 aromatic rings. The topological polar surface area (TPSA) is 186 Å². The Labute approximate surface area is 325 Å². The van der Waals surface area contributed by atoms with Crippen LogP contribution in [0.1, 0.15) is 67.2 Å². The molecule has 3 heterocycles. The van der Waals surface area contributed by atoms with Crippen LogP contribution in [0.2, 0.25) is 0 Å². The fraction of sp³-hybridized carbons (Fsp3) is 0.487. The zero-order valence-electron chi connectivity index (χ0n) is 31.8. The zero-order chi connectivity index (χ0) is 39.9. The Balaban J connectivity index is 1.31. The number of rotatable bonds is 12. The maximum Gasteiger partial charge on any atom is 0.408 e. The van der Waals surface area contributed by atoms with Gasteiger partial charge in [0.25, 0.3) is 5.91 Å². The molecular formula is C39H48N6O8S2. The number of sulfonamides is 1. The maximum atomic E-state index is 14.6. The fourth-order valence-electron chi connectivity index (χ4n) is 6.56. The second kappa shape index (κ2) is 15.0. The molecule has 6 rings (SSSR count). The van der Waals surface area contributed by atoms with Crippen molar-refractivity contribution < 1.29 is 37.1 Å². The van der Waals surface area contributed by atoms with Crippen molar-refractivity contribution in [2.45, 2.75) is 102 Å². The molecule has 3 fully saturated rings. The molecule has 14 nitrogen and oxygen atoms in total. The van der Waals surface area contributed by atoms with Crippen molar-refractivity contribution in [3.05, 3.63) is 66.6 Å². The van der Waals surface area contributed by atoms with Gasteiger partial charge < -0.3 is 25.0 Å². The second-order valence-corrected chi connectivity index (χ2v) is 19.3. The number of benzene rings is 1. The van der Waals surface area contributed by atoms with Crippen LogP contribution in [0.4, 0.5) is 4.79 Å². The smallest absolute Gasteiger partial charge is 0.408 e. The molecule has 2 saturated carbocycles. The van der Waals surface area contributed by atoms with Crippen molar-refractivity contribution in [2.24, 2.45) is 11.3 Å². The summed E-state index contributed by atoms with van der Waals surface area (Å²) in [4.78, 5) is 67.1. The summed E-state index contributed by atoms with van der Waals surface area (Å²) in [6, 6.07) is 12.7. The van der Waals surface area contributed by atoms with E-state index in [4.69, 9.17) is 19.4 Å². The van der Waals surface area contributed by atoms with E-state index >= 15 is 0 Å². The number of hydrogen-bond donors (Lipinski definition) is 3. The molecule has 3 aliphatic rings. The molecule has 3 N–H and O–H groups in total. The Bertz CT molecular complexity index is 2060. The Kier molecular flexibility index (Phi) is 10.9. The van der Waals surface area contributed by atoms with Gasteiger partial charge in [-0.15, -0.1) is 17.9 Å². The minimum absolute atomic E-state index is 0.00326. The Morgan fingerprint density at radius 1 is 1.04 bits per heavy atom. The Hall–Kier alpha value is -4.83. The largest absolute Gasteiger partial charge is 0.472 e. The van der Waals surface area contributed by atoms with Gasteiger partial charge in [0, 0.05) is 24.0 Å². The van der Waals surface area contributed by atoms with E-state index in [2.05, 4.69) is 21.9 Å². The van der Waals surface area contributed by atoms with Gasteiger partial charge in [-0.3, -0.25) is 19.1 Å². The number of aromatic nitrogens is 2. The summed E-state index contributed by atoms with van der Waals surface area (Å²) in [6.45, 7) is 14.2. The van der Waals surface area contributed by atoms with Crippen LogP contribution in [0.5, 0.6) is 5.88 Å². The first kappa shape index (κ1) is 39.9. The number of carbonyl (C=O) groups is 4. The summed E-state index contributed by atoms with van der Waals surface area (Å²) in [6.07, 6.45) is 0.972. The summed E-state index contributed by atoms with van der Waals surface area (Å²) in [5.41, 5.74) is -1.79. The highest BCUT2D eigenvalue weighted by Gasteiger charge is 2.62. The van der Waals surface area contributed by atoms with Gasteiger partial charge in [0.2, 0.25) is 27.7 Å². The third-order valence-corrected chi connectivity index (χ3v) is 12.4. The number of thiophene rings is 1. The summed E-state index contributed by atoms with van der Waals surface area (Å²) in [5.74, 6) is -1.96. The van der Waals surface area contributed by atoms with Crippen molar-refractivity contribution >= 4 is 45.2 Å². The third kappa shape index (κ3) is 9.18. The van der Waals surface area contributed by atoms with E-state index in [1.165, 1.54) is 22.3 Å². The average molecular weight is 793 g/mol. The molecule has 0 unspecified atom stereocenters. The lowest BCUT2D eigenvalue weighted by Crippen LogP contribution is -2.60. The van der Waals surface area contributed by atoms with Crippen molar-refractivity contribution in [1.29, 1.82) is 0 Å². The molecule has 294 valence electrons. The van der Waals surface area contributed by atoms with Crippen LogP contribution in [0, 0.1) is 11.3 Å². The molecular weight excluding hydrogens is 745 g/mol. The number of hydrogen-bond acceptors (Lipinski definition) is 11. The van der Waals surface area contributed by atoms with Crippen molar-refractivity contribution in [2.75, 3.05) is 6.54 Å². The highest BCUT2D eigenvalue weighted by molar-refractivity contribution is 7.91. The number of alkyl carbamates (subject to hydrolysis) is 1. The summed E-state index contributed by atoms with van der Waals surface area (Å²) in [5, 5.41) is 6.77. The first-order valence-electron chi connectivity index (χ1n) is 18.3. The van der Waals surface area contributed by atoms with Crippen molar-refractivity contribution in [3.8, 4) is 27.8 Å². The van der Waals surface area contributed by atoms with E-state index in [-0.39, 0.29) is 25.3 Å². The second-order valence-electron chi connectivity index (χ2n) is 16.4. The minimum Gasteiger partial charge on any atom is -0.472 e. The normalized spacial score (nSPS) is 22.9. The van der Waals surface area contributed by atoms with Gasteiger partial charge in [-0.25, -0.2) is 18.2 Å². The van der Waals surface area contributed by atoms with Gasteiger partial charge in [-0.05, 0) is 56.9 Å². The molecule has 0 radical (unpaired) electrons. The molecule has 0 bridgehead atoms.